The number of carbonyl (C=O) groups excluding carboxylic acids is 2. The summed E-state index contributed by atoms with van der Waals surface area (Å²) in [5.41, 5.74) is 6.00. The molecule has 2 aliphatic rings. The molecule has 2 aliphatic heterocycles. The maximum Gasteiger partial charge on any atom is 0.310 e. The van der Waals surface area contributed by atoms with Crippen LogP contribution in [-0.2, 0) is 16.0 Å². The molecule has 2 aromatic carbocycles. The third kappa shape index (κ3) is 4.86. The SMILES string of the molecule is COC(=O)[C@H]1CCN(c2ccc(-c3cc4nc(C(=O)N5CCc6ccccc6[C@H]5C)cc(-c5ccncc5)n4n3)c(F)c2)C1. The molecule has 222 valence electrons. The van der Waals surface area contributed by atoms with Crippen molar-refractivity contribution in [1.82, 2.24) is 24.5 Å². The smallest absolute Gasteiger partial charge is 0.310 e. The van der Waals surface area contributed by atoms with Crippen LogP contribution in [0.1, 0.15) is 41.0 Å². The van der Waals surface area contributed by atoms with Crippen molar-refractivity contribution in [2.45, 2.75) is 25.8 Å². The van der Waals surface area contributed by atoms with Gasteiger partial charge < -0.3 is 14.5 Å². The zero-order valence-electron chi connectivity index (χ0n) is 24.5. The Morgan fingerprint density at radius 1 is 1.00 bits per heavy atom. The van der Waals surface area contributed by atoms with E-state index < -0.39 is 5.82 Å². The summed E-state index contributed by atoms with van der Waals surface area (Å²) in [7, 11) is 1.38. The van der Waals surface area contributed by atoms with Crippen LogP contribution in [0.5, 0.6) is 0 Å². The van der Waals surface area contributed by atoms with Crippen LogP contribution in [0, 0.1) is 11.7 Å². The van der Waals surface area contributed by atoms with E-state index >= 15 is 4.39 Å². The van der Waals surface area contributed by atoms with E-state index in [1.807, 2.05) is 47.1 Å². The van der Waals surface area contributed by atoms with Crippen molar-refractivity contribution < 1.29 is 18.7 Å². The number of halogens is 1. The second-order valence-corrected chi connectivity index (χ2v) is 11.3. The minimum Gasteiger partial charge on any atom is -0.469 e. The summed E-state index contributed by atoms with van der Waals surface area (Å²) in [4.78, 5) is 38.6. The molecule has 10 heteroatoms. The number of hydrogen-bond acceptors (Lipinski definition) is 7. The maximum absolute atomic E-state index is 15.6. The van der Waals surface area contributed by atoms with E-state index in [0.717, 1.165) is 17.5 Å². The number of pyridine rings is 1. The molecule has 2 atom stereocenters. The number of fused-ring (bicyclic) bond motifs is 2. The van der Waals surface area contributed by atoms with Gasteiger partial charge in [0.1, 0.15) is 11.5 Å². The van der Waals surface area contributed by atoms with Crippen molar-refractivity contribution in [3.8, 4) is 22.5 Å². The lowest BCUT2D eigenvalue weighted by atomic mass is 9.93. The first kappa shape index (κ1) is 27.7. The third-order valence-corrected chi connectivity index (χ3v) is 8.79. The molecule has 5 heterocycles. The Hall–Kier alpha value is -5.12. The van der Waals surface area contributed by atoms with Crippen molar-refractivity contribution in [2.75, 3.05) is 31.6 Å². The molecule has 0 radical (unpaired) electrons. The van der Waals surface area contributed by atoms with Gasteiger partial charge in [-0.05, 0) is 67.3 Å². The summed E-state index contributed by atoms with van der Waals surface area (Å²) in [5.74, 6) is -1.07. The Labute approximate surface area is 253 Å². The number of methoxy groups -OCH3 is 1. The van der Waals surface area contributed by atoms with Crippen LogP contribution in [0.2, 0.25) is 0 Å². The highest BCUT2D eigenvalue weighted by Gasteiger charge is 2.31. The van der Waals surface area contributed by atoms with Gasteiger partial charge in [0.05, 0.1) is 30.5 Å². The molecule has 0 unspecified atom stereocenters. The largest absolute Gasteiger partial charge is 0.469 e. The lowest BCUT2D eigenvalue weighted by Crippen LogP contribution is -2.39. The van der Waals surface area contributed by atoms with Crippen LogP contribution in [0.3, 0.4) is 0 Å². The van der Waals surface area contributed by atoms with Crippen LogP contribution in [0.15, 0.2) is 79.1 Å². The summed E-state index contributed by atoms with van der Waals surface area (Å²) in [6.07, 6.45) is 4.80. The van der Waals surface area contributed by atoms with Crippen molar-refractivity contribution in [2.24, 2.45) is 5.92 Å². The Bertz CT molecular complexity index is 1890. The second-order valence-electron chi connectivity index (χ2n) is 11.3. The number of rotatable bonds is 5. The number of esters is 1. The van der Waals surface area contributed by atoms with Crippen molar-refractivity contribution in [1.29, 1.82) is 0 Å². The molecule has 0 spiro atoms. The predicted octanol–water partition coefficient (Wildman–Crippen LogP) is 5.36. The summed E-state index contributed by atoms with van der Waals surface area (Å²) < 4.78 is 22.1. The number of ether oxygens (including phenoxy) is 1. The van der Waals surface area contributed by atoms with E-state index in [1.54, 1.807) is 35.1 Å². The van der Waals surface area contributed by atoms with Gasteiger partial charge in [-0.3, -0.25) is 14.6 Å². The first-order valence-electron chi connectivity index (χ1n) is 14.7. The molecule has 0 N–H and O–H groups in total. The van der Waals surface area contributed by atoms with Crippen LogP contribution in [0.25, 0.3) is 28.2 Å². The molecule has 1 amide bonds. The Kier molecular flexibility index (Phi) is 7.04. The minimum atomic E-state index is -0.435. The molecule has 0 aliphatic carbocycles. The van der Waals surface area contributed by atoms with Gasteiger partial charge in [0, 0.05) is 54.9 Å². The third-order valence-electron chi connectivity index (χ3n) is 8.79. The predicted molar refractivity (Wildman–Crippen MR) is 164 cm³/mol. The van der Waals surface area contributed by atoms with Gasteiger partial charge >= 0.3 is 5.97 Å². The molecule has 44 heavy (non-hydrogen) atoms. The zero-order chi connectivity index (χ0) is 30.4. The highest BCUT2D eigenvalue weighted by atomic mass is 19.1. The minimum absolute atomic E-state index is 0.0959. The molecule has 3 aromatic heterocycles. The van der Waals surface area contributed by atoms with E-state index in [-0.39, 0.29) is 23.8 Å². The molecular formula is C34H31FN6O3. The summed E-state index contributed by atoms with van der Waals surface area (Å²) >= 11 is 0. The first-order chi connectivity index (χ1) is 21.4. The monoisotopic (exact) mass is 590 g/mol. The maximum atomic E-state index is 15.6. The standard InChI is InChI=1S/C34H31FN6O3/c1-21-26-6-4-3-5-22(26)12-16-40(21)33(42)30-18-31(23-9-13-36-14-10-23)41-32(37-30)19-29(38-41)27-8-7-25(17-28(27)35)39-15-11-24(20-39)34(43)44-2/h3-10,13-14,17-19,21,24H,11-12,15-16,20H2,1-2H3/t21-,24+/m1/s1. The van der Waals surface area contributed by atoms with Crippen LogP contribution < -0.4 is 4.90 Å². The highest BCUT2D eigenvalue weighted by molar-refractivity contribution is 5.94. The summed E-state index contributed by atoms with van der Waals surface area (Å²) in [6.45, 7) is 3.76. The number of anilines is 1. The van der Waals surface area contributed by atoms with Gasteiger partial charge in [0.25, 0.3) is 5.91 Å². The normalized spacial score (nSPS) is 18.0. The van der Waals surface area contributed by atoms with Gasteiger partial charge in [-0.25, -0.2) is 13.9 Å². The molecule has 9 nitrogen and oxygen atoms in total. The number of carbonyl (C=O) groups is 2. The Balaban J connectivity index is 1.25. The van der Waals surface area contributed by atoms with Crippen LogP contribution in [0.4, 0.5) is 10.1 Å². The second kappa shape index (κ2) is 11.2. The topological polar surface area (TPSA) is 92.9 Å². The quantitative estimate of drug-likeness (QED) is 0.255. The van der Waals surface area contributed by atoms with E-state index in [4.69, 9.17) is 14.8 Å². The fourth-order valence-corrected chi connectivity index (χ4v) is 6.40. The molecule has 0 saturated carbocycles. The van der Waals surface area contributed by atoms with Gasteiger partial charge in [0.15, 0.2) is 5.65 Å². The molecule has 1 fully saturated rings. The summed E-state index contributed by atoms with van der Waals surface area (Å²) in [5, 5.41) is 4.75. The van der Waals surface area contributed by atoms with E-state index in [1.165, 1.54) is 18.7 Å². The van der Waals surface area contributed by atoms with Gasteiger partial charge in [-0.15, -0.1) is 0 Å². The van der Waals surface area contributed by atoms with Crippen LogP contribution >= 0.6 is 0 Å². The average Bonchev–Trinajstić information content (AvgIpc) is 3.72. The highest BCUT2D eigenvalue weighted by Crippen LogP contribution is 2.33. The van der Waals surface area contributed by atoms with E-state index in [9.17, 15) is 9.59 Å². The Morgan fingerprint density at radius 3 is 2.61 bits per heavy atom. The zero-order valence-corrected chi connectivity index (χ0v) is 24.5. The van der Waals surface area contributed by atoms with Gasteiger partial charge in [-0.2, -0.15) is 5.10 Å². The molecule has 5 aromatic rings. The molecule has 1 saturated heterocycles. The van der Waals surface area contributed by atoms with Gasteiger partial charge in [-0.1, -0.05) is 24.3 Å². The van der Waals surface area contributed by atoms with Crippen molar-refractivity contribution >= 4 is 23.2 Å². The lowest BCUT2D eigenvalue weighted by molar-refractivity contribution is -0.144. The lowest BCUT2D eigenvalue weighted by Gasteiger charge is -2.35. The van der Waals surface area contributed by atoms with E-state index in [0.29, 0.717) is 60.0 Å². The molecule has 7 rings (SSSR count). The number of benzene rings is 2. The van der Waals surface area contributed by atoms with Crippen molar-refractivity contribution in [3.63, 3.8) is 0 Å². The molecule has 0 bridgehead atoms. The summed E-state index contributed by atoms with van der Waals surface area (Å²) in [6, 6.07) is 20.3. The fourth-order valence-electron chi connectivity index (χ4n) is 6.40. The van der Waals surface area contributed by atoms with E-state index in [2.05, 4.69) is 17.1 Å². The fraction of sp³-hybridized carbons (Fsp3) is 0.265. The Morgan fingerprint density at radius 2 is 1.82 bits per heavy atom. The van der Waals surface area contributed by atoms with Crippen LogP contribution in [-0.4, -0.2) is 63.1 Å². The number of hydrogen-bond donors (Lipinski definition) is 0. The number of aromatic nitrogens is 4. The first-order valence-corrected chi connectivity index (χ1v) is 14.7. The number of nitrogens with zero attached hydrogens (tertiary/aromatic N) is 6. The number of amides is 1. The average molecular weight is 591 g/mol. The molecular weight excluding hydrogens is 559 g/mol. The van der Waals surface area contributed by atoms with Crippen molar-refractivity contribution in [3.05, 3.63) is 102 Å². The van der Waals surface area contributed by atoms with Gasteiger partial charge in [0.2, 0.25) is 0 Å².